The summed E-state index contributed by atoms with van der Waals surface area (Å²) in [6, 6.07) is 18.5. The van der Waals surface area contributed by atoms with Crippen LogP contribution in [0.4, 0.5) is 5.69 Å². The monoisotopic (exact) mass is 327 g/mol. The van der Waals surface area contributed by atoms with Gasteiger partial charge in [0.25, 0.3) is 0 Å². The van der Waals surface area contributed by atoms with Crippen LogP contribution in [0.1, 0.15) is 11.1 Å². The molecule has 1 nitrogen and oxygen atoms in total. The van der Waals surface area contributed by atoms with Crippen molar-refractivity contribution in [2.45, 2.75) is 6.92 Å². The first kappa shape index (κ1) is 14.6. The number of allylic oxidation sites excluding steroid dienone is 1. The normalized spacial score (nSPS) is 10.1. The van der Waals surface area contributed by atoms with Gasteiger partial charge in [-0.2, -0.15) is 0 Å². The lowest BCUT2D eigenvalue weighted by Gasteiger charge is -2.29. The quantitative estimate of drug-likeness (QED) is 0.666. The lowest BCUT2D eigenvalue weighted by molar-refractivity contribution is 1.18. The van der Waals surface area contributed by atoms with Gasteiger partial charge in [0.1, 0.15) is 0 Å². The molecule has 0 aliphatic rings. The molecule has 0 amide bonds. The largest absolute Gasteiger partial charge is 0.314 e. The first-order chi connectivity index (χ1) is 9.65. The van der Waals surface area contributed by atoms with E-state index in [9.17, 15) is 0 Å². The number of hydrogen-bond donors (Lipinski definition) is 0. The fourth-order valence-electron chi connectivity index (χ4n) is 2.18. The number of anilines is 1. The number of aryl methyl sites for hydroxylation is 1. The summed E-state index contributed by atoms with van der Waals surface area (Å²) in [7, 11) is 0. The van der Waals surface area contributed by atoms with Crippen LogP contribution in [0.15, 0.2) is 73.5 Å². The van der Waals surface area contributed by atoms with Crippen molar-refractivity contribution < 1.29 is 0 Å². The van der Waals surface area contributed by atoms with Gasteiger partial charge in [-0.3, -0.25) is 0 Å². The predicted molar refractivity (Wildman–Crippen MR) is 92.1 cm³/mol. The van der Waals surface area contributed by atoms with Crippen molar-refractivity contribution in [2.24, 2.45) is 0 Å². The summed E-state index contributed by atoms with van der Waals surface area (Å²) >= 11 is 3.49. The van der Waals surface area contributed by atoms with Crippen molar-refractivity contribution in [3.63, 3.8) is 0 Å². The Kier molecular flexibility index (Phi) is 4.80. The summed E-state index contributed by atoms with van der Waals surface area (Å²) in [6.45, 7) is 10.5. The van der Waals surface area contributed by atoms with E-state index in [1.807, 2.05) is 30.3 Å². The van der Waals surface area contributed by atoms with Gasteiger partial charge in [-0.15, -0.1) is 0 Å². The highest BCUT2D eigenvalue weighted by Crippen LogP contribution is 2.30. The van der Waals surface area contributed by atoms with Gasteiger partial charge < -0.3 is 4.90 Å². The average molecular weight is 328 g/mol. The van der Waals surface area contributed by atoms with Crippen LogP contribution in [0.25, 0.3) is 5.70 Å². The van der Waals surface area contributed by atoms with Crippen LogP contribution in [0, 0.1) is 6.92 Å². The molecule has 0 aliphatic carbocycles. The highest BCUT2D eigenvalue weighted by molar-refractivity contribution is 9.09. The molecule has 0 aliphatic heterocycles. The van der Waals surface area contributed by atoms with Crippen LogP contribution in [0.2, 0.25) is 0 Å². The van der Waals surface area contributed by atoms with Crippen LogP contribution in [0.5, 0.6) is 0 Å². The standard InChI is InChI=1S/C18H18BrN/c1-14-9-7-8-12-18(14)16(3)20(15(2)13-19)17-10-5-4-6-11-17/h4-12H,2-3,13H2,1H3. The van der Waals surface area contributed by atoms with Gasteiger partial charge in [-0.25, -0.2) is 0 Å². The van der Waals surface area contributed by atoms with Gasteiger partial charge in [0.15, 0.2) is 0 Å². The second kappa shape index (κ2) is 6.58. The molecule has 0 unspecified atom stereocenters. The molecule has 20 heavy (non-hydrogen) atoms. The molecule has 0 saturated heterocycles. The number of rotatable bonds is 5. The zero-order chi connectivity index (χ0) is 14.5. The minimum Gasteiger partial charge on any atom is -0.314 e. The van der Waals surface area contributed by atoms with Gasteiger partial charge in [-0.1, -0.05) is 71.6 Å². The first-order valence-corrected chi connectivity index (χ1v) is 7.61. The minimum atomic E-state index is 0.701. The lowest BCUT2D eigenvalue weighted by atomic mass is 10.0. The molecule has 0 bridgehead atoms. The molecule has 0 heterocycles. The Morgan fingerprint density at radius 3 is 2.20 bits per heavy atom. The molecule has 0 fully saturated rings. The zero-order valence-corrected chi connectivity index (χ0v) is 13.2. The number of benzene rings is 2. The number of alkyl halides is 1. The predicted octanol–water partition coefficient (Wildman–Crippen LogP) is 5.38. The highest BCUT2D eigenvalue weighted by Gasteiger charge is 2.15. The van der Waals surface area contributed by atoms with Crippen molar-refractivity contribution in [1.82, 2.24) is 0 Å². The summed E-state index contributed by atoms with van der Waals surface area (Å²) in [5.74, 6) is 0. The number of halogens is 1. The Morgan fingerprint density at radius 1 is 1.00 bits per heavy atom. The van der Waals surface area contributed by atoms with Crippen molar-refractivity contribution in [3.8, 4) is 0 Å². The molecule has 0 spiro atoms. The third-order valence-electron chi connectivity index (χ3n) is 3.21. The smallest absolute Gasteiger partial charge is 0.0461 e. The van der Waals surface area contributed by atoms with Crippen molar-refractivity contribution in [1.29, 1.82) is 0 Å². The molecule has 2 heteroatoms. The third kappa shape index (κ3) is 3.02. The molecule has 0 saturated carbocycles. The van der Waals surface area contributed by atoms with Crippen LogP contribution in [0.3, 0.4) is 0 Å². The molecule has 2 rings (SSSR count). The summed E-state index contributed by atoms with van der Waals surface area (Å²) in [5.41, 5.74) is 5.33. The Hall–Kier alpha value is -1.80. The Bertz CT molecular complexity index is 616. The van der Waals surface area contributed by atoms with E-state index < -0.39 is 0 Å². The van der Waals surface area contributed by atoms with Crippen LogP contribution in [-0.4, -0.2) is 5.33 Å². The zero-order valence-electron chi connectivity index (χ0n) is 11.6. The molecular weight excluding hydrogens is 310 g/mol. The van der Waals surface area contributed by atoms with E-state index in [-0.39, 0.29) is 0 Å². The second-order valence-corrected chi connectivity index (χ2v) is 5.19. The van der Waals surface area contributed by atoms with Gasteiger partial charge in [0.2, 0.25) is 0 Å². The topological polar surface area (TPSA) is 3.24 Å². The molecule has 0 atom stereocenters. The summed E-state index contributed by atoms with van der Waals surface area (Å²) in [6.07, 6.45) is 0. The van der Waals surface area contributed by atoms with Crippen molar-refractivity contribution in [3.05, 3.63) is 84.6 Å². The molecule has 2 aromatic rings. The maximum absolute atomic E-state index is 4.28. The fourth-order valence-corrected chi connectivity index (χ4v) is 2.43. The molecule has 2 aromatic carbocycles. The van der Waals surface area contributed by atoms with E-state index in [0.29, 0.717) is 5.33 Å². The number of para-hydroxylation sites is 1. The number of nitrogens with zero attached hydrogens (tertiary/aromatic N) is 1. The van der Waals surface area contributed by atoms with Gasteiger partial charge in [0.05, 0.1) is 0 Å². The van der Waals surface area contributed by atoms with Gasteiger partial charge >= 0.3 is 0 Å². The summed E-state index contributed by atoms with van der Waals surface area (Å²) in [4.78, 5) is 2.09. The minimum absolute atomic E-state index is 0.701. The second-order valence-electron chi connectivity index (χ2n) is 4.63. The van der Waals surface area contributed by atoms with Crippen LogP contribution < -0.4 is 4.90 Å². The van der Waals surface area contributed by atoms with Crippen molar-refractivity contribution in [2.75, 3.05) is 10.2 Å². The fraction of sp³-hybridized carbons (Fsp3) is 0.111. The van der Waals surface area contributed by atoms with E-state index in [1.165, 1.54) is 5.56 Å². The summed E-state index contributed by atoms with van der Waals surface area (Å²) < 4.78 is 0. The Balaban J connectivity index is 2.45. The molecular formula is C18H18BrN. The highest BCUT2D eigenvalue weighted by atomic mass is 79.9. The van der Waals surface area contributed by atoms with Gasteiger partial charge in [0, 0.05) is 28.0 Å². The van der Waals surface area contributed by atoms with Crippen LogP contribution in [-0.2, 0) is 0 Å². The summed E-state index contributed by atoms with van der Waals surface area (Å²) in [5, 5.41) is 0.701. The van der Waals surface area contributed by atoms with E-state index in [2.05, 4.69) is 65.2 Å². The molecule has 102 valence electrons. The lowest BCUT2D eigenvalue weighted by Crippen LogP contribution is -2.20. The van der Waals surface area contributed by atoms with E-state index >= 15 is 0 Å². The van der Waals surface area contributed by atoms with E-state index in [4.69, 9.17) is 0 Å². The Labute approximate surface area is 129 Å². The maximum Gasteiger partial charge on any atom is 0.0461 e. The molecule has 0 aromatic heterocycles. The maximum atomic E-state index is 4.28. The number of hydrogen-bond acceptors (Lipinski definition) is 1. The molecule has 0 radical (unpaired) electrons. The first-order valence-electron chi connectivity index (χ1n) is 6.49. The van der Waals surface area contributed by atoms with Crippen LogP contribution >= 0.6 is 15.9 Å². The molecule has 0 N–H and O–H groups in total. The SMILES string of the molecule is C=C(CBr)N(C(=C)c1ccccc1C)c1ccccc1. The van der Waals surface area contributed by atoms with Gasteiger partial charge in [-0.05, 0) is 24.6 Å². The van der Waals surface area contributed by atoms with E-state index in [1.54, 1.807) is 0 Å². The van der Waals surface area contributed by atoms with Crippen molar-refractivity contribution >= 4 is 27.3 Å². The average Bonchev–Trinajstić information content (AvgIpc) is 2.48. The Morgan fingerprint density at radius 2 is 1.60 bits per heavy atom. The third-order valence-corrected chi connectivity index (χ3v) is 3.86. The van der Waals surface area contributed by atoms with E-state index in [0.717, 1.165) is 22.6 Å².